The SMILES string of the molecule is Cc1ccccc1CC(Cc1cccc(C(=O)N(C)C)c1)(c1ccccc1)n1ncnn1. The van der Waals surface area contributed by atoms with Crippen molar-refractivity contribution in [1.82, 2.24) is 25.1 Å². The lowest BCUT2D eigenvalue weighted by Crippen LogP contribution is -2.42. The molecule has 6 nitrogen and oxygen atoms in total. The average molecular weight is 426 g/mol. The minimum atomic E-state index is -0.607. The molecule has 4 aromatic rings. The van der Waals surface area contributed by atoms with E-state index >= 15 is 0 Å². The number of tetrazole rings is 1. The first kappa shape index (κ1) is 21.4. The van der Waals surface area contributed by atoms with Crippen molar-refractivity contribution in [3.63, 3.8) is 0 Å². The molecule has 0 N–H and O–H groups in total. The molecule has 0 spiro atoms. The van der Waals surface area contributed by atoms with E-state index in [9.17, 15) is 4.79 Å². The first-order chi connectivity index (χ1) is 15.5. The summed E-state index contributed by atoms with van der Waals surface area (Å²) < 4.78 is 0. The smallest absolute Gasteiger partial charge is 0.253 e. The molecule has 0 aliphatic heterocycles. The lowest BCUT2D eigenvalue weighted by Gasteiger charge is -2.34. The van der Waals surface area contributed by atoms with Gasteiger partial charge in [-0.05, 0) is 46.5 Å². The van der Waals surface area contributed by atoms with E-state index in [1.165, 1.54) is 17.5 Å². The summed E-state index contributed by atoms with van der Waals surface area (Å²) in [6.07, 6.45) is 2.77. The van der Waals surface area contributed by atoms with Gasteiger partial charge in [-0.25, -0.2) is 0 Å². The van der Waals surface area contributed by atoms with Crippen LogP contribution in [0.1, 0.15) is 32.6 Å². The van der Waals surface area contributed by atoms with Crippen molar-refractivity contribution >= 4 is 5.91 Å². The van der Waals surface area contributed by atoms with Gasteiger partial charge in [0.1, 0.15) is 5.54 Å². The number of amides is 1. The number of benzene rings is 3. The normalized spacial score (nSPS) is 12.8. The zero-order valence-corrected chi connectivity index (χ0v) is 18.6. The molecule has 0 aliphatic rings. The highest BCUT2D eigenvalue weighted by Crippen LogP contribution is 2.34. The molecule has 0 fully saturated rings. The monoisotopic (exact) mass is 425 g/mol. The van der Waals surface area contributed by atoms with Gasteiger partial charge in [-0.2, -0.15) is 4.80 Å². The standard InChI is InChI=1S/C26H27N5O/c1-20-10-7-8-12-23(20)18-26(31-28-19-27-29-31,24-14-5-4-6-15-24)17-21-11-9-13-22(16-21)25(32)30(2)3/h4-16,19H,17-18H2,1-3H3. The zero-order chi connectivity index (χ0) is 22.6. The largest absolute Gasteiger partial charge is 0.345 e. The highest BCUT2D eigenvalue weighted by Gasteiger charge is 2.37. The second-order valence-electron chi connectivity index (χ2n) is 8.30. The van der Waals surface area contributed by atoms with Crippen LogP contribution >= 0.6 is 0 Å². The molecule has 1 atom stereocenters. The zero-order valence-electron chi connectivity index (χ0n) is 18.6. The van der Waals surface area contributed by atoms with E-state index in [4.69, 9.17) is 0 Å². The van der Waals surface area contributed by atoms with Gasteiger partial charge in [0.2, 0.25) is 0 Å². The maximum Gasteiger partial charge on any atom is 0.253 e. The number of carbonyl (C=O) groups excluding carboxylic acids is 1. The molecule has 0 saturated carbocycles. The second-order valence-corrected chi connectivity index (χ2v) is 8.30. The Kier molecular flexibility index (Phi) is 6.12. The summed E-state index contributed by atoms with van der Waals surface area (Å²) in [7, 11) is 3.53. The first-order valence-corrected chi connectivity index (χ1v) is 10.6. The second kappa shape index (κ2) is 9.14. The molecule has 32 heavy (non-hydrogen) atoms. The molecule has 1 unspecified atom stereocenters. The van der Waals surface area contributed by atoms with Crippen LogP contribution in [0.3, 0.4) is 0 Å². The Morgan fingerprint density at radius 3 is 2.38 bits per heavy atom. The number of aromatic nitrogens is 4. The summed E-state index contributed by atoms with van der Waals surface area (Å²) in [6.45, 7) is 2.12. The molecule has 0 saturated heterocycles. The highest BCUT2D eigenvalue weighted by atomic mass is 16.2. The Balaban J connectivity index is 1.87. The molecule has 4 rings (SSSR count). The number of nitrogens with zero attached hydrogens (tertiary/aromatic N) is 5. The van der Waals surface area contributed by atoms with Crippen molar-refractivity contribution in [2.24, 2.45) is 0 Å². The molecule has 1 amide bonds. The van der Waals surface area contributed by atoms with Crippen LogP contribution in [0.5, 0.6) is 0 Å². The number of rotatable bonds is 7. The van der Waals surface area contributed by atoms with E-state index in [0.717, 1.165) is 11.1 Å². The minimum Gasteiger partial charge on any atom is -0.345 e. The van der Waals surface area contributed by atoms with Crippen LogP contribution in [0.4, 0.5) is 0 Å². The number of carbonyl (C=O) groups is 1. The van der Waals surface area contributed by atoms with Gasteiger partial charge in [0, 0.05) is 32.5 Å². The minimum absolute atomic E-state index is 0.0186. The van der Waals surface area contributed by atoms with E-state index in [-0.39, 0.29) is 5.91 Å². The fourth-order valence-electron chi connectivity index (χ4n) is 4.17. The van der Waals surface area contributed by atoms with Crippen molar-refractivity contribution in [3.05, 3.63) is 113 Å². The third-order valence-corrected chi connectivity index (χ3v) is 5.86. The number of hydrogen-bond donors (Lipinski definition) is 0. The lowest BCUT2D eigenvalue weighted by atomic mass is 9.78. The Labute approximate surface area is 188 Å². The van der Waals surface area contributed by atoms with Gasteiger partial charge in [-0.1, -0.05) is 66.7 Å². The van der Waals surface area contributed by atoms with E-state index in [0.29, 0.717) is 18.4 Å². The number of aryl methyl sites for hydroxylation is 1. The summed E-state index contributed by atoms with van der Waals surface area (Å²) >= 11 is 0. The first-order valence-electron chi connectivity index (χ1n) is 10.6. The summed E-state index contributed by atoms with van der Waals surface area (Å²) in [4.78, 5) is 15.9. The lowest BCUT2D eigenvalue weighted by molar-refractivity contribution is 0.0827. The predicted octanol–water partition coefficient (Wildman–Crippen LogP) is 3.91. The molecule has 3 aromatic carbocycles. The molecule has 0 aliphatic carbocycles. The van der Waals surface area contributed by atoms with Crippen LogP contribution in [-0.4, -0.2) is 45.1 Å². The Bertz CT molecular complexity index is 1190. The third kappa shape index (κ3) is 4.30. The molecule has 162 valence electrons. The van der Waals surface area contributed by atoms with Crippen molar-refractivity contribution in [2.75, 3.05) is 14.1 Å². The van der Waals surface area contributed by atoms with E-state index in [2.05, 4.69) is 58.7 Å². The molecule has 0 bridgehead atoms. The van der Waals surface area contributed by atoms with Crippen LogP contribution in [0.25, 0.3) is 0 Å². The van der Waals surface area contributed by atoms with Crippen molar-refractivity contribution in [2.45, 2.75) is 25.3 Å². The van der Waals surface area contributed by atoms with Crippen molar-refractivity contribution in [1.29, 1.82) is 0 Å². The quantitative estimate of drug-likeness (QED) is 0.450. The average Bonchev–Trinajstić information content (AvgIpc) is 3.36. The summed E-state index contributed by atoms with van der Waals surface area (Å²) in [6, 6.07) is 26.5. The van der Waals surface area contributed by atoms with Gasteiger partial charge in [0.05, 0.1) is 0 Å². The molecule has 1 heterocycles. The van der Waals surface area contributed by atoms with Crippen LogP contribution in [0, 0.1) is 6.92 Å². The molecular weight excluding hydrogens is 398 g/mol. The Morgan fingerprint density at radius 2 is 1.69 bits per heavy atom. The van der Waals surface area contributed by atoms with Gasteiger partial charge >= 0.3 is 0 Å². The van der Waals surface area contributed by atoms with Gasteiger partial charge in [-0.15, -0.1) is 10.2 Å². The maximum atomic E-state index is 12.6. The van der Waals surface area contributed by atoms with Crippen molar-refractivity contribution < 1.29 is 4.79 Å². The van der Waals surface area contributed by atoms with Crippen LogP contribution < -0.4 is 0 Å². The van der Waals surface area contributed by atoms with E-state index < -0.39 is 5.54 Å². The molecule has 1 aromatic heterocycles. The van der Waals surface area contributed by atoms with Crippen molar-refractivity contribution in [3.8, 4) is 0 Å². The summed E-state index contributed by atoms with van der Waals surface area (Å²) in [5.41, 5.74) is 4.61. The Hall–Kier alpha value is -3.80. The van der Waals surface area contributed by atoms with Crippen LogP contribution in [0.2, 0.25) is 0 Å². The molecule has 0 radical (unpaired) electrons. The topological polar surface area (TPSA) is 63.9 Å². The molecule has 6 heteroatoms. The van der Waals surface area contributed by atoms with Crippen LogP contribution in [0.15, 0.2) is 85.2 Å². The summed E-state index contributed by atoms with van der Waals surface area (Å²) in [5.74, 6) is -0.0186. The van der Waals surface area contributed by atoms with Crippen LogP contribution in [-0.2, 0) is 18.4 Å². The highest BCUT2D eigenvalue weighted by molar-refractivity contribution is 5.94. The van der Waals surface area contributed by atoms with Gasteiger partial charge < -0.3 is 4.90 Å². The fourth-order valence-corrected chi connectivity index (χ4v) is 4.17. The van der Waals surface area contributed by atoms with Gasteiger partial charge in [0.15, 0.2) is 6.33 Å². The number of hydrogen-bond acceptors (Lipinski definition) is 4. The van der Waals surface area contributed by atoms with E-state index in [1.807, 2.05) is 42.5 Å². The van der Waals surface area contributed by atoms with Gasteiger partial charge in [0.25, 0.3) is 5.91 Å². The Morgan fingerprint density at radius 1 is 0.938 bits per heavy atom. The maximum absolute atomic E-state index is 12.6. The van der Waals surface area contributed by atoms with E-state index in [1.54, 1.807) is 23.8 Å². The predicted molar refractivity (Wildman–Crippen MR) is 124 cm³/mol. The third-order valence-electron chi connectivity index (χ3n) is 5.86. The summed E-state index contributed by atoms with van der Waals surface area (Å²) in [5, 5.41) is 12.9. The fraction of sp³-hybridized carbons (Fsp3) is 0.231. The van der Waals surface area contributed by atoms with Gasteiger partial charge in [-0.3, -0.25) is 4.79 Å². The molecular formula is C26H27N5O.